The molecule has 0 aliphatic carbocycles. The third-order valence-electron chi connectivity index (χ3n) is 3.49. The summed E-state index contributed by atoms with van der Waals surface area (Å²) < 4.78 is 0. The number of nitrogens with zero attached hydrogens (tertiary/aromatic N) is 5. The third-order valence-corrected chi connectivity index (χ3v) is 3.49. The van der Waals surface area contributed by atoms with Crippen LogP contribution >= 0.6 is 0 Å². The molecule has 0 bridgehead atoms. The minimum Gasteiger partial charge on any atom is -0.395 e. The Hall–Kier alpha value is -3.22. The van der Waals surface area contributed by atoms with Crippen LogP contribution in [0.1, 0.15) is 18.1 Å². The lowest BCUT2D eigenvalue weighted by Gasteiger charge is -2.21. The number of rotatable bonds is 6. The van der Waals surface area contributed by atoms with Gasteiger partial charge in [0.05, 0.1) is 29.1 Å². The molecule has 2 aromatic rings. The van der Waals surface area contributed by atoms with Gasteiger partial charge in [-0.1, -0.05) is 0 Å². The lowest BCUT2D eigenvalue weighted by Crippen LogP contribution is -2.25. The van der Waals surface area contributed by atoms with Crippen LogP contribution in [0.4, 0.5) is 17.1 Å². The number of hydrogen-bond acceptors (Lipinski definition) is 6. The summed E-state index contributed by atoms with van der Waals surface area (Å²) in [6.45, 7) is 3.53. The van der Waals surface area contributed by atoms with Crippen LogP contribution in [0.3, 0.4) is 0 Å². The number of aliphatic hydroxyl groups excluding tert-OH is 1. The molecule has 0 saturated carbocycles. The average molecular weight is 319 g/mol. The van der Waals surface area contributed by atoms with Gasteiger partial charge in [0, 0.05) is 18.8 Å². The zero-order valence-electron chi connectivity index (χ0n) is 13.3. The van der Waals surface area contributed by atoms with Crippen molar-refractivity contribution in [1.29, 1.82) is 10.5 Å². The molecule has 0 spiro atoms. The van der Waals surface area contributed by atoms with E-state index < -0.39 is 0 Å². The maximum atomic E-state index is 9.06. The fourth-order valence-electron chi connectivity index (χ4n) is 2.22. The van der Waals surface area contributed by atoms with Crippen LogP contribution in [-0.2, 0) is 0 Å². The largest absolute Gasteiger partial charge is 0.395 e. The maximum Gasteiger partial charge on any atom is 0.101 e. The molecule has 0 atom stereocenters. The van der Waals surface area contributed by atoms with E-state index in [1.165, 1.54) is 6.07 Å². The molecule has 0 amide bonds. The molecule has 24 heavy (non-hydrogen) atoms. The van der Waals surface area contributed by atoms with Gasteiger partial charge in [0.15, 0.2) is 0 Å². The van der Waals surface area contributed by atoms with Crippen molar-refractivity contribution in [2.75, 3.05) is 24.6 Å². The maximum absolute atomic E-state index is 9.06. The van der Waals surface area contributed by atoms with Crippen molar-refractivity contribution in [3.05, 3.63) is 53.6 Å². The Morgan fingerprint density at radius 3 is 2.17 bits per heavy atom. The fourth-order valence-corrected chi connectivity index (χ4v) is 2.22. The van der Waals surface area contributed by atoms with Gasteiger partial charge in [0.1, 0.15) is 12.1 Å². The Balaban J connectivity index is 2.15. The summed E-state index contributed by atoms with van der Waals surface area (Å²) >= 11 is 0. The van der Waals surface area contributed by atoms with Crippen LogP contribution in [0.2, 0.25) is 0 Å². The molecule has 1 N–H and O–H groups in total. The highest BCUT2D eigenvalue weighted by Gasteiger charge is 2.04. The molecule has 6 heteroatoms. The summed E-state index contributed by atoms with van der Waals surface area (Å²) in [5.41, 5.74) is 2.82. The van der Waals surface area contributed by atoms with Crippen molar-refractivity contribution >= 4 is 17.1 Å². The number of anilines is 1. The van der Waals surface area contributed by atoms with Crippen LogP contribution in [0, 0.1) is 22.7 Å². The van der Waals surface area contributed by atoms with Gasteiger partial charge in [-0.05, 0) is 49.4 Å². The van der Waals surface area contributed by atoms with Gasteiger partial charge in [-0.3, -0.25) is 0 Å². The Morgan fingerprint density at radius 2 is 1.58 bits per heavy atom. The van der Waals surface area contributed by atoms with Crippen LogP contribution < -0.4 is 4.90 Å². The molecule has 0 radical (unpaired) electrons. The number of aliphatic hydroxyl groups is 1. The lowest BCUT2D eigenvalue weighted by molar-refractivity contribution is 0.302. The number of hydrogen-bond donors (Lipinski definition) is 1. The van der Waals surface area contributed by atoms with Crippen molar-refractivity contribution in [3.8, 4) is 12.1 Å². The lowest BCUT2D eigenvalue weighted by atomic mass is 10.1. The molecule has 0 aliphatic rings. The summed E-state index contributed by atoms with van der Waals surface area (Å²) in [5.74, 6) is 0. The van der Waals surface area contributed by atoms with Gasteiger partial charge < -0.3 is 10.0 Å². The molecule has 120 valence electrons. The number of likely N-dealkylation sites (N-methyl/N-ethyl adjacent to an activating group) is 1. The predicted octanol–water partition coefficient (Wildman–Crippen LogP) is 3.66. The molecular formula is C18H17N5O. The number of benzene rings is 2. The highest BCUT2D eigenvalue weighted by atomic mass is 16.3. The molecule has 0 heterocycles. The van der Waals surface area contributed by atoms with Crippen LogP contribution in [0.5, 0.6) is 0 Å². The topological polar surface area (TPSA) is 95.8 Å². The highest BCUT2D eigenvalue weighted by Crippen LogP contribution is 2.23. The normalized spacial score (nSPS) is 10.3. The van der Waals surface area contributed by atoms with E-state index in [0.717, 1.165) is 12.2 Å². The van der Waals surface area contributed by atoms with E-state index in [4.69, 9.17) is 15.6 Å². The van der Waals surface area contributed by atoms with Crippen molar-refractivity contribution in [3.63, 3.8) is 0 Å². The van der Waals surface area contributed by atoms with Crippen LogP contribution in [0.15, 0.2) is 52.7 Å². The van der Waals surface area contributed by atoms with Gasteiger partial charge >= 0.3 is 0 Å². The number of azo groups is 1. The zero-order valence-corrected chi connectivity index (χ0v) is 13.3. The summed E-state index contributed by atoms with van der Waals surface area (Å²) in [6, 6.07) is 16.2. The van der Waals surface area contributed by atoms with E-state index in [0.29, 0.717) is 23.5 Å². The summed E-state index contributed by atoms with van der Waals surface area (Å²) in [5, 5.41) is 35.2. The Bertz CT molecular complexity index is 800. The molecule has 0 fully saturated rings. The first-order valence-electron chi connectivity index (χ1n) is 7.53. The van der Waals surface area contributed by atoms with E-state index in [-0.39, 0.29) is 12.2 Å². The summed E-state index contributed by atoms with van der Waals surface area (Å²) in [6.07, 6.45) is 0. The Morgan fingerprint density at radius 1 is 0.958 bits per heavy atom. The van der Waals surface area contributed by atoms with Crippen molar-refractivity contribution < 1.29 is 5.11 Å². The van der Waals surface area contributed by atoms with Crippen molar-refractivity contribution in [1.82, 2.24) is 0 Å². The molecule has 0 aliphatic heterocycles. The fraction of sp³-hybridized carbons (Fsp3) is 0.222. The third kappa shape index (κ3) is 4.16. The van der Waals surface area contributed by atoms with Gasteiger partial charge in [-0.15, -0.1) is 0 Å². The average Bonchev–Trinajstić information content (AvgIpc) is 2.64. The smallest absolute Gasteiger partial charge is 0.101 e. The van der Waals surface area contributed by atoms with Crippen molar-refractivity contribution in [2.24, 2.45) is 10.2 Å². The second-order valence-electron chi connectivity index (χ2n) is 4.97. The first-order chi connectivity index (χ1) is 11.7. The minimum absolute atomic E-state index is 0.106. The monoisotopic (exact) mass is 319 g/mol. The standard InChI is InChI=1S/C18H17N5O/c1-2-23(9-10-24)18-7-5-16(6-8-18)21-22-17-4-3-14(12-19)15(11-17)13-20/h3-8,11,24H,2,9-10H2,1H3. The summed E-state index contributed by atoms with van der Waals surface area (Å²) in [4.78, 5) is 2.06. The Kier molecular flexibility index (Phi) is 6.01. The van der Waals surface area contributed by atoms with Gasteiger partial charge in [0.2, 0.25) is 0 Å². The SMILES string of the molecule is CCN(CCO)c1ccc(N=Nc2ccc(C#N)c(C#N)c2)cc1. The van der Waals surface area contributed by atoms with E-state index in [2.05, 4.69) is 15.1 Å². The molecule has 2 rings (SSSR count). The molecule has 0 unspecified atom stereocenters. The van der Waals surface area contributed by atoms with E-state index in [9.17, 15) is 0 Å². The highest BCUT2D eigenvalue weighted by molar-refractivity contribution is 5.55. The second kappa shape index (κ2) is 8.42. The Labute approximate surface area is 140 Å². The van der Waals surface area contributed by atoms with Crippen molar-refractivity contribution in [2.45, 2.75) is 6.92 Å². The van der Waals surface area contributed by atoms with Gasteiger partial charge in [-0.2, -0.15) is 20.8 Å². The van der Waals surface area contributed by atoms with Crippen LogP contribution in [-0.4, -0.2) is 24.8 Å². The van der Waals surface area contributed by atoms with Gasteiger partial charge in [0.25, 0.3) is 0 Å². The van der Waals surface area contributed by atoms with E-state index >= 15 is 0 Å². The van der Waals surface area contributed by atoms with E-state index in [1.54, 1.807) is 12.1 Å². The number of nitriles is 2. The van der Waals surface area contributed by atoms with E-state index in [1.807, 2.05) is 43.3 Å². The predicted molar refractivity (Wildman–Crippen MR) is 91.5 cm³/mol. The second-order valence-corrected chi connectivity index (χ2v) is 4.97. The molecular weight excluding hydrogens is 302 g/mol. The van der Waals surface area contributed by atoms with Crippen LogP contribution in [0.25, 0.3) is 0 Å². The van der Waals surface area contributed by atoms with Gasteiger partial charge in [-0.25, -0.2) is 0 Å². The first-order valence-corrected chi connectivity index (χ1v) is 7.53. The zero-order chi connectivity index (χ0) is 17.4. The summed E-state index contributed by atoms with van der Waals surface area (Å²) in [7, 11) is 0. The molecule has 0 aromatic heterocycles. The molecule has 6 nitrogen and oxygen atoms in total. The molecule has 2 aromatic carbocycles. The first kappa shape index (κ1) is 17.1. The molecule has 0 saturated heterocycles. The quantitative estimate of drug-likeness (QED) is 0.822. The minimum atomic E-state index is 0.106.